The summed E-state index contributed by atoms with van der Waals surface area (Å²) in [4.78, 5) is 42.0. The molecule has 0 atom stereocenters. The Hall–Kier alpha value is -3.84. The van der Waals surface area contributed by atoms with Gasteiger partial charge in [-0.15, -0.1) is 6.58 Å². The van der Waals surface area contributed by atoms with Crippen molar-refractivity contribution in [1.82, 2.24) is 4.90 Å². The highest BCUT2D eigenvalue weighted by atomic mass is 35.5. The summed E-state index contributed by atoms with van der Waals surface area (Å²) in [6.07, 6.45) is 3.90. The van der Waals surface area contributed by atoms with Crippen LogP contribution in [-0.2, 0) is 27.4 Å². The molecule has 0 saturated heterocycles. The number of carboxylic acids is 1. The largest absolute Gasteiger partial charge is 0.493 e. The molecule has 1 N–H and O–H groups in total. The van der Waals surface area contributed by atoms with Crippen molar-refractivity contribution in [3.8, 4) is 11.5 Å². The van der Waals surface area contributed by atoms with Gasteiger partial charge in [0.2, 0.25) is 0 Å². The van der Waals surface area contributed by atoms with Gasteiger partial charge in [-0.25, -0.2) is 0 Å². The van der Waals surface area contributed by atoms with Crippen molar-refractivity contribution in [2.75, 3.05) is 13.7 Å². The molecular weight excluding hydrogens is 578 g/mol. The van der Waals surface area contributed by atoms with E-state index in [-0.39, 0.29) is 35.5 Å². The van der Waals surface area contributed by atoms with Crippen LogP contribution in [0.1, 0.15) is 76.0 Å². The number of rotatable bonds is 9. The van der Waals surface area contributed by atoms with Crippen molar-refractivity contribution in [3.05, 3.63) is 93.3 Å². The fraction of sp³-hybridized carbons (Fsp3) is 0.417. The second-order valence-electron chi connectivity index (χ2n) is 13.6. The smallest absolute Gasteiger partial charge is 0.323 e. The van der Waals surface area contributed by atoms with Crippen molar-refractivity contribution in [1.29, 1.82) is 0 Å². The van der Waals surface area contributed by atoms with Gasteiger partial charge < -0.3 is 19.5 Å². The highest BCUT2D eigenvalue weighted by molar-refractivity contribution is 6.31. The van der Waals surface area contributed by atoms with Crippen LogP contribution >= 0.6 is 11.6 Å². The van der Waals surface area contributed by atoms with E-state index in [1.54, 1.807) is 18.1 Å². The van der Waals surface area contributed by atoms with Gasteiger partial charge in [-0.3, -0.25) is 14.4 Å². The van der Waals surface area contributed by atoms with Gasteiger partial charge in [0.15, 0.2) is 23.1 Å². The number of allylic oxidation sites excluding steroid dienone is 5. The molecule has 8 heteroatoms. The van der Waals surface area contributed by atoms with Crippen LogP contribution in [0.5, 0.6) is 11.5 Å². The van der Waals surface area contributed by atoms with E-state index in [1.807, 2.05) is 64.1 Å². The lowest BCUT2D eigenvalue weighted by atomic mass is 9.63. The number of ketones is 2. The quantitative estimate of drug-likeness (QED) is 0.293. The van der Waals surface area contributed by atoms with Crippen molar-refractivity contribution in [2.24, 2.45) is 10.8 Å². The van der Waals surface area contributed by atoms with E-state index in [2.05, 4.69) is 6.58 Å². The number of ether oxygens (including phenoxy) is 2. The summed E-state index contributed by atoms with van der Waals surface area (Å²) in [6.45, 7) is 12.0. The predicted octanol–water partition coefficient (Wildman–Crippen LogP) is 7.43. The molecule has 44 heavy (non-hydrogen) atoms. The number of hydrogen-bond donors (Lipinski definition) is 1. The topological polar surface area (TPSA) is 93.1 Å². The van der Waals surface area contributed by atoms with Crippen LogP contribution in [0.2, 0.25) is 5.02 Å². The number of halogens is 1. The molecule has 0 fully saturated rings. The number of aliphatic carboxylic acids is 1. The van der Waals surface area contributed by atoms with E-state index in [0.717, 1.165) is 16.7 Å². The molecule has 2 aromatic carbocycles. The summed E-state index contributed by atoms with van der Waals surface area (Å²) in [5.41, 5.74) is 4.06. The summed E-state index contributed by atoms with van der Waals surface area (Å²) in [7, 11) is 1.56. The first-order valence-electron chi connectivity index (χ1n) is 14.9. The summed E-state index contributed by atoms with van der Waals surface area (Å²) in [6, 6.07) is 11.3. The number of hydrogen-bond acceptors (Lipinski definition) is 6. The molecule has 1 aliphatic heterocycles. The van der Waals surface area contributed by atoms with Crippen molar-refractivity contribution in [2.45, 2.75) is 72.3 Å². The van der Waals surface area contributed by atoms with Crippen molar-refractivity contribution >= 4 is 29.1 Å². The van der Waals surface area contributed by atoms with Crippen LogP contribution in [0.25, 0.3) is 0 Å². The molecule has 0 unspecified atom stereocenters. The minimum absolute atomic E-state index is 0.0656. The Balaban J connectivity index is 1.72. The first kappa shape index (κ1) is 31.6. The first-order chi connectivity index (χ1) is 20.7. The first-order valence-corrected chi connectivity index (χ1v) is 15.3. The Morgan fingerprint density at radius 3 is 2.11 bits per heavy atom. The SMILES string of the molecule is C=CCc1cc(C2C3=C(CC(C)(C)CC3=O)N(CC(=O)O)C3=C2C(=O)CC(C)(C)C3)cc(OC)c1OCc1ccccc1Cl. The Bertz CT molecular complexity index is 1560. The molecule has 2 aromatic rings. The molecule has 0 saturated carbocycles. The van der Waals surface area contributed by atoms with Crippen LogP contribution in [0.4, 0.5) is 0 Å². The molecule has 0 spiro atoms. The van der Waals surface area contributed by atoms with E-state index in [0.29, 0.717) is 71.2 Å². The van der Waals surface area contributed by atoms with Gasteiger partial charge >= 0.3 is 5.97 Å². The summed E-state index contributed by atoms with van der Waals surface area (Å²) < 4.78 is 12.2. The minimum atomic E-state index is -1.01. The molecule has 232 valence electrons. The maximum absolute atomic E-state index is 14.0. The van der Waals surface area contributed by atoms with E-state index >= 15 is 0 Å². The van der Waals surface area contributed by atoms with Crippen LogP contribution in [0.3, 0.4) is 0 Å². The van der Waals surface area contributed by atoms with Crippen molar-refractivity contribution in [3.63, 3.8) is 0 Å². The summed E-state index contributed by atoms with van der Waals surface area (Å²) >= 11 is 6.39. The molecule has 2 aliphatic carbocycles. The van der Waals surface area contributed by atoms with Crippen LogP contribution in [-0.4, -0.2) is 41.2 Å². The average Bonchev–Trinajstić information content (AvgIpc) is 2.92. The maximum Gasteiger partial charge on any atom is 0.323 e. The highest BCUT2D eigenvalue weighted by Gasteiger charge is 2.49. The van der Waals surface area contributed by atoms with Crippen LogP contribution in [0, 0.1) is 10.8 Å². The fourth-order valence-electron chi connectivity index (χ4n) is 6.95. The molecule has 0 amide bonds. The number of benzene rings is 2. The fourth-order valence-corrected chi connectivity index (χ4v) is 7.14. The lowest BCUT2D eigenvalue weighted by Crippen LogP contribution is -2.45. The molecule has 3 aliphatic rings. The number of carbonyl (C=O) groups is 3. The number of nitrogens with zero attached hydrogens (tertiary/aromatic N) is 1. The van der Waals surface area contributed by atoms with E-state index < -0.39 is 11.9 Å². The van der Waals surface area contributed by atoms with Gasteiger partial charge in [0.1, 0.15) is 13.2 Å². The van der Waals surface area contributed by atoms with Gasteiger partial charge in [-0.05, 0) is 47.8 Å². The second-order valence-corrected chi connectivity index (χ2v) is 14.0. The van der Waals surface area contributed by atoms with Gasteiger partial charge in [0.05, 0.1) is 7.11 Å². The van der Waals surface area contributed by atoms with Gasteiger partial charge in [0.25, 0.3) is 0 Å². The molecule has 5 rings (SSSR count). The summed E-state index contributed by atoms with van der Waals surface area (Å²) in [5, 5.41) is 10.6. The lowest BCUT2D eigenvalue weighted by Gasteiger charge is -2.48. The maximum atomic E-state index is 14.0. The molecule has 1 heterocycles. The zero-order valence-electron chi connectivity index (χ0n) is 26.1. The zero-order valence-corrected chi connectivity index (χ0v) is 26.8. The third kappa shape index (κ3) is 6.07. The van der Waals surface area contributed by atoms with Crippen LogP contribution in [0.15, 0.2) is 71.6 Å². The number of carbonyl (C=O) groups excluding carboxylic acids is 2. The minimum Gasteiger partial charge on any atom is -0.493 e. The highest BCUT2D eigenvalue weighted by Crippen LogP contribution is 2.55. The number of carboxylic acid groups (broad SMARTS) is 1. The van der Waals surface area contributed by atoms with Gasteiger partial charge in [-0.1, -0.05) is 69.6 Å². The number of methoxy groups -OCH3 is 1. The Morgan fingerprint density at radius 2 is 1.59 bits per heavy atom. The third-order valence-corrected chi connectivity index (χ3v) is 9.09. The molecule has 0 bridgehead atoms. The van der Waals surface area contributed by atoms with Crippen molar-refractivity contribution < 1.29 is 29.0 Å². The number of Topliss-reactive ketones (excluding diaryl/α,β-unsaturated/α-hetero) is 2. The monoisotopic (exact) mass is 617 g/mol. The zero-order chi connectivity index (χ0) is 32.0. The predicted molar refractivity (Wildman–Crippen MR) is 170 cm³/mol. The standard InChI is InChI=1S/C36H40ClNO6/c1-7-10-21-13-23(14-29(43-6)34(21)44-20-22-11-8-9-12-24(22)37)31-32-25(15-35(2,3)17-27(32)39)38(19-30(41)42)26-16-36(4,5)18-28(40)33(26)31/h7-9,11-14,31H,1,10,15-20H2,2-6H3,(H,41,42). The van der Waals surface area contributed by atoms with E-state index in [1.165, 1.54) is 0 Å². The van der Waals surface area contributed by atoms with Crippen LogP contribution < -0.4 is 9.47 Å². The molecule has 7 nitrogen and oxygen atoms in total. The second kappa shape index (κ2) is 11.9. The Kier molecular flexibility index (Phi) is 8.56. The normalized spacial score (nSPS) is 19.5. The van der Waals surface area contributed by atoms with E-state index in [9.17, 15) is 19.5 Å². The molecule has 0 radical (unpaired) electrons. The molecule has 0 aromatic heterocycles. The van der Waals surface area contributed by atoms with E-state index in [4.69, 9.17) is 21.1 Å². The Morgan fingerprint density at radius 1 is 1.00 bits per heavy atom. The molecular formula is C36H40ClNO6. The lowest BCUT2D eigenvalue weighted by molar-refractivity contribution is -0.138. The average molecular weight is 618 g/mol. The Labute approximate surface area is 264 Å². The summed E-state index contributed by atoms with van der Waals surface area (Å²) in [5.74, 6) is -0.782. The van der Waals surface area contributed by atoms with Gasteiger partial charge in [-0.2, -0.15) is 0 Å². The third-order valence-electron chi connectivity index (χ3n) is 8.72. The van der Waals surface area contributed by atoms with Gasteiger partial charge in [0, 0.05) is 57.4 Å².